The molecule has 1 aromatic heterocycles. The van der Waals surface area contributed by atoms with Crippen LogP contribution < -0.4 is 9.47 Å². The van der Waals surface area contributed by atoms with Crippen molar-refractivity contribution >= 4 is 34.2 Å². The number of aromatic nitrogens is 2. The third-order valence-corrected chi connectivity index (χ3v) is 5.78. The summed E-state index contributed by atoms with van der Waals surface area (Å²) < 4.78 is 13.7. The number of rotatable bonds is 8. The summed E-state index contributed by atoms with van der Waals surface area (Å²) in [5, 5.41) is 1.24. The predicted molar refractivity (Wildman–Crippen MR) is 127 cm³/mol. The van der Waals surface area contributed by atoms with Gasteiger partial charge in [-0.25, -0.2) is 4.98 Å². The van der Waals surface area contributed by atoms with E-state index < -0.39 is 0 Å². The van der Waals surface area contributed by atoms with Crippen LogP contribution in [0.1, 0.15) is 17.0 Å². The van der Waals surface area contributed by atoms with Gasteiger partial charge >= 0.3 is 0 Å². The van der Waals surface area contributed by atoms with Gasteiger partial charge in [-0.3, -0.25) is 0 Å². The lowest BCUT2D eigenvalue weighted by molar-refractivity contribution is 0.272. The maximum atomic E-state index is 6.43. The molecule has 6 heteroatoms. The van der Waals surface area contributed by atoms with Gasteiger partial charge in [0.1, 0.15) is 12.4 Å². The van der Waals surface area contributed by atoms with Crippen LogP contribution in [0.3, 0.4) is 0 Å². The largest absolute Gasteiger partial charge is 0.493 e. The van der Waals surface area contributed by atoms with Crippen molar-refractivity contribution in [2.75, 3.05) is 7.11 Å². The first kappa shape index (κ1) is 21.3. The number of imidazole rings is 1. The smallest absolute Gasteiger partial charge is 0.161 e. The van der Waals surface area contributed by atoms with Gasteiger partial charge in [0.05, 0.1) is 24.7 Å². The fourth-order valence-electron chi connectivity index (χ4n) is 3.52. The number of halogens is 2. The molecule has 0 amide bonds. The molecular weight excluding hydrogens is 431 g/mol. The van der Waals surface area contributed by atoms with Crippen LogP contribution in [-0.2, 0) is 19.6 Å². The number of benzene rings is 3. The Labute approximate surface area is 191 Å². The zero-order chi connectivity index (χ0) is 21.8. The predicted octanol–water partition coefficient (Wildman–Crippen LogP) is 6.71. The Morgan fingerprint density at radius 1 is 1.00 bits per heavy atom. The van der Waals surface area contributed by atoms with Crippen LogP contribution in [-0.4, -0.2) is 16.7 Å². The first-order valence-corrected chi connectivity index (χ1v) is 10.6. The molecule has 0 fully saturated rings. The normalized spacial score (nSPS) is 10.9. The number of para-hydroxylation sites is 2. The van der Waals surface area contributed by atoms with Crippen molar-refractivity contribution in [3.05, 3.63) is 100 Å². The molecule has 0 N–H and O–H groups in total. The number of nitrogens with zero attached hydrogens (tertiary/aromatic N) is 2. The van der Waals surface area contributed by atoms with Crippen molar-refractivity contribution in [1.82, 2.24) is 9.55 Å². The SMILES string of the molecule is C=CCc1ccc(OCc2nc3ccccc3n2Cc2c(Cl)cccc2Cl)c(OC)c1. The molecular formula is C25H22Cl2N2O2. The van der Waals surface area contributed by atoms with Crippen LogP contribution in [0.5, 0.6) is 11.5 Å². The van der Waals surface area contributed by atoms with Gasteiger partial charge in [0.15, 0.2) is 11.5 Å². The van der Waals surface area contributed by atoms with E-state index in [1.54, 1.807) is 7.11 Å². The fraction of sp³-hybridized carbons (Fsp3) is 0.160. The van der Waals surface area contributed by atoms with Crippen LogP contribution in [0.4, 0.5) is 0 Å². The molecule has 1 heterocycles. The van der Waals surface area contributed by atoms with Gasteiger partial charge in [-0.05, 0) is 48.4 Å². The van der Waals surface area contributed by atoms with Gasteiger partial charge in [-0.1, -0.05) is 53.5 Å². The molecule has 31 heavy (non-hydrogen) atoms. The van der Waals surface area contributed by atoms with Gasteiger partial charge in [0.2, 0.25) is 0 Å². The Bertz CT molecular complexity index is 1210. The molecule has 0 spiro atoms. The summed E-state index contributed by atoms with van der Waals surface area (Å²) in [6, 6.07) is 19.4. The van der Waals surface area contributed by atoms with E-state index in [1.807, 2.05) is 66.7 Å². The van der Waals surface area contributed by atoms with E-state index in [-0.39, 0.29) is 6.61 Å². The molecule has 0 unspecified atom stereocenters. The highest BCUT2D eigenvalue weighted by Crippen LogP contribution is 2.31. The third kappa shape index (κ3) is 4.55. The summed E-state index contributed by atoms with van der Waals surface area (Å²) in [6.07, 6.45) is 2.63. The highest BCUT2D eigenvalue weighted by Gasteiger charge is 2.15. The molecule has 0 saturated heterocycles. The van der Waals surface area contributed by atoms with Crippen LogP contribution in [0.25, 0.3) is 11.0 Å². The second kappa shape index (κ2) is 9.46. The molecule has 158 valence electrons. The summed E-state index contributed by atoms with van der Waals surface area (Å²) in [7, 11) is 1.63. The maximum Gasteiger partial charge on any atom is 0.161 e. The molecule has 3 aromatic carbocycles. The molecule has 0 radical (unpaired) electrons. The number of allylic oxidation sites excluding steroid dienone is 1. The Balaban J connectivity index is 1.67. The maximum absolute atomic E-state index is 6.43. The van der Waals surface area contributed by atoms with Crippen molar-refractivity contribution in [3.8, 4) is 11.5 Å². The minimum atomic E-state index is 0.272. The molecule has 4 nitrogen and oxygen atoms in total. The van der Waals surface area contributed by atoms with Crippen LogP contribution in [0.15, 0.2) is 73.3 Å². The van der Waals surface area contributed by atoms with E-state index in [2.05, 4.69) is 11.1 Å². The molecule has 0 aliphatic rings. The van der Waals surface area contributed by atoms with Crippen molar-refractivity contribution in [1.29, 1.82) is 0 Å². The number of hydrogen-bond acceptors (Lipinski definition) is 3. The van der Waals surface area contributed by atoms with E-state index in [9.17, 15) is 0 Å². The minimum absolute atomic E-state index is 0.272. The van der Waals surface area contributed by atoms with Crippen molar-refractivity contribution in [3.63, 3.8) is 0 Å². The first-order valence-electron chi connectivity index (χ1n) is 9.88. The van der Waals surface area contributed by atoms with E-state index in [0.29, 0.717) is 28.1 Å². The number of ether oxygens (including phenoxy) is 2. The monoisotopic (exact) mass is 452 g/mol. The number of hydrogen-bond donors (Lipinski definition) is 0. The van der Waals surface area contributed by atoms with Crippen LogP contribution >= 0.6 is 23.2 Å². The summed E-state index contributed by atoms with van der Waals surface area (Å²) in [5.41, 5.74) is 3.84. The average molecular weight is 453 g/mol. The van der Waals surface area contributed by atoms with Crippen molar-refractivity contribution in [2.24, 2.45) is 0 Å². The standard InChI is InChI=1S/C25H22Cl2N2O2/c1-3-7-17-12-13-23(24(14-17)30-2)31-16-25-28-21-10-4-5-11-22(21)29(25)15-18-19(26)8-6-9-20(18)27/h3-6,8-14H,1,7,15-16H2,2H3. The zero-order valence-corrected chi connectivity index (χ0v) is 18.7. The number of methoxy groups -OCH3 is 1. The summed E-state index contributed by atoms with van der Waals surface area (Å²) in [6.45, 7) is 4.55. The van der Waals surface area contributed by atoms with Gasteiger partial charge in [-0.2, -0.15) is 0 Å². The Kier molecular flexibility index (Phi) is 6.50. The van der Waals surface area contributed by atoms with E-state index in [4.69, 9.17) is 37.7 Å². The Morgan fingerprint density at radius 2 is 1.77 bits per heavy atom. The fourth-order valence-corrected chi connectivity index (χ4v) is 4.04. The van der Waals surface area contributed by atoms with Crippen LogP contribution in [0.2, 0.25) is 10.0 Å². The van der Waals surface area contributed by atoms with E-state index in [1.165, 1.54) is 0 Å². The van der Waals surface area contributed by atoms with Gasteiger partial charge < -0.3 is 14.0 Å². The molecule has 4 rings (SSSR count). The van der Waals surface area contributed by atoms with Gasteiger partial charge in [0, 0.05) is 15.6 Å². The second-order valence-corrected chi connectivity index (χ2v) is 7.88. The molecule has 0 saturated carbocycles. The van der Waals surface area contributed by atoms with Gasteiger partial charge in [-0.15, -0.1) is 6.58 Å². The lowest BCUT2D eigenvalue weighted by Gasteiger charge is -2.14. The van der Waals surface area contributed by atoms with Crippen molar-refractivity contribution < 1.29 is 9.47 Å². The molecule has 4 aromatic rings. The zero-order valence-electron chi connectivity index (χ0n) is 17.1. The van der Waals surface area contributed by atoms with Crippen molar-refractivity contribution in [2.45, 2.75) is 19.6 Å². The molecule has 0 aliphatic heterocycles. The third-order valence-electron chi connectivity index (χ3n) is 5.08. The average Bonchev–Trinajstić information content (AvgIpc) is 3.13. The highest BCUT2D eigenvalue weighted by molar-refractivity contribution is 6.36. The van der Waals surface area contributed by atoms with Crippen LogP contribution in [0, 0.1) is 0 Å². The highest BCUT2D eigenvalue weighted by atomic mass is 35.5. The quantitative estimate of drug-likeness (QED) is 0.278. The summed E-state index contributed by atoms with van der Waals surface area (Å²) in [4.78, 5) is 4.78. The number of fused-ring (bicyclic) bond motifs is 1. The minimum Gasteiger partial charge on any atom is -0.493 e. The summed E-state index contributed by atoms with van der Waals surface area (Å²) >= 11 is 12.9. The van der Waals surface area contributed by atoms with E-state index >= 15 is 0 Å². The molecule has 0 bridgehead atoms. The Morgan fingerprint density at radius 3 is 2.52 bits per heavy atom. The van der Waals surface area contributed by atoms with E-state index in [0.717, 1.165) is 34.4 Å². The Hall–Kier alpha value is -2.95. The first-order chi connectivity index (χ1) is 15.1. The molecule has 0 aliphatic carbocycles. The lowest BCUT2D eigenvalue weighted by Crippen LogP contribution is -2.09. The van der Waals surface area contributed by atoms with Gasteiger partial charge in [0.25, 0.3) is 0 Å². The lowest BCUT2D eigenvalue weighted by atomic mass is 10.1. The molecule has 0 atom stereocenters. The summed E-state index contributed by atoms with van der Waals surface area (Å²) in [5.74, 6) is 2.11. The topological polar surface area (TPSA) is 36.3 Å². The second-order valence-electron chi connectivity index (χ2n) is 7.07.